The Bertz CT molecular complexity index is 598. The van der Waals surface area contributed by atoms with Crippen molar-refractivity contribution in [2.45, 2.75) is 34.1 Å². The highest BCUT2D eigenvalue weighted by atomic mass is 31.0. The Hall–Kier alpha value is -2.08. The van der Waals surface area contributed by atoms with Gasteiger partial charge in [0.1, 0.15) is 5.69 Å². The SMILES string of the molecule is CC.CCCN.CCN.O=Cc1[nH]ncc1NC(=O)c1ccc(P)cc1. The largest absolute Gasteiger partial charge is 0.331 e. The highest BCUT2D eigenvalue weighted by molar-refractivity contribution is 7.27. The molecule has 1 amide bonds. The van der Waals surface area contributed by atoms with E-state index in [1.54, 1.807) is 12.1 Å². The molecule has 2 aromatic rings. The molecule has 1 aromatic carbocycles. The molecule has 26 heavy (non-hydrogen) atoms. The Morgan fingerprint density at radius 3 is 2.15 bits per heavy atom. The van der Waals surface area contributed by atoms with E-state index in [0.29, 0.717) is 17.5 Å². The maximum Gasteiger partial charge on any atom is 0.255 e. The monoisotopic (exact) mass is 381 g/mol. The Labute approximate surface area is 158 Å². The third-order valence-electron chi connectivity index (χ3n) is 2.50. The predicted molar refractivity (Wildman–Crippen MR) is 113 cm³/mol. The summed E-state index contributed by atoms with van der Waals surface area (Å²) in [7, 11) is 2.54. The lowest BCUT2D eigenvalue weighted by molar-refractivity contribution is 0.102. The zero-order valence-electron chi connectivity index (χ0n) is 16.1. The van der Waals surface area contributed by atoms with Gasteiger partial charge in [0.15, 0.2) is 6.29 Å². The summed E-state index contributed by atoms with van der Waals surface area (Å²) in [6.07, 6.45) is 3.10. The average Bonchev–Trinajstić information content (AvgIpc) is 3.12. The number of nitrogens with two attached hydrogens (primary N) is 2. The van der Waals surface area contributed by atoms with E-state index in [4.69, 9.17) is 11.5 Å². The van der Waals surface area contributed by atoms with E-state index in [1.807, 2.05) is 32.9 Å². The minimum Gasteiger partial charge on any atom is -0.331 e. The van der Waals surface area contributed by atoms with Gasteiger partial charge in [0, 0.05) is 5.56 Å². The van der Waals surface area contributed by atoms with E-state index < -0.39 is 0 Å². The molecule has 2 rings (SSSR count). The Morgan fingerprint density at radius 2 is 1.73 bits per heavy atom. The van der Waals surface area contributed by atoms with Crippen molar-refractivity contribution in [3.8, 4) is 0 Å². The summed E-state index contributed by atoms with van der Waals surface area (Å²) < 4.78 is 0. The van der Waals surface area contributed by atoms with Gasteiger partial charge in [-0.15, -0.1) is 9.24 Å². The number of anilines is 1. The molecule has 0 aliphatic heterocycles. The normalized spacial score (nSPS) is 8.58. The second-order valence-corrected chi connectivity index (χ2v) is 5.25. The summed E-state index contributed by atoms with van der Waals surface area (Å²) in [5, 5.41) is 9.77. The molecule has 1 atom stereocenters. The van der Waals surface area contributed by atoms with Gasteiger partial charge in [-0.25, -0.2) is 0 Å². The highest BCUT2D eigenvalue weighted by Gasteiger charge is 2.09. The fourth-order valence-corrected chi connectivity index (χ4v) is 1.51. The number of H-pyrrole nitrogens is 1. The van der Waals surface area contributed by atoms with E-state index in [1.165, 1.54) is 6.20 Å². The van der Waals surface area contributed by atoms with Crippen LogP contribution in [-0.2, 0) is 0 Å². The number of rotatable bonds is 4. The Kier molecular flexibility index (Phi) is 17.8. The van der Waals surface area contributed by atoms with Crippen LogP contribution in [0.1, 0.15) is 55.0 Å². The topological polar surface area (TPSA) is 127 Å². The van der Waals surface area contributed by atoms with Crippen LogP contribution in [0, 0.1) is 0 Å². The van der Waals surface area contributed by atoms with Crippen LogP contribution in [-0.4, -0.2) is 35.5 Å². The lowest BCUT2D eigenvalue weighted by Crippen LogP contribution is -2.13. The van der Waals surface area contributed by atoms with Gasteiger partial charge in [0.25, 0.3) is 5.91 Å². The van der Waals surface area contributed by atoms with Crippen molar-refractivity contribution < 1.29 is 9.59 Å². The molecule has 6 N–H and O–H groups in total. The van der Waals surface area contributed by atoms with Crippen molar-refractivity contribution in [3.05, 3.63) is 41.7 Å². The summed E-state index contributed by atoms with van der Waals surface area (Å²) in [6.45, 7) is 9.53. The molecule has 8 heteroatoms. The third kappa shape index (κ3) is 11.5. The fourth-order valence-electron chi connectivity index (χ4n) is 1.31. The van der Waals surface area contributed by atoms with Gasteiger partial charge in [0.2, 0.25) is 0 Å². The predicted octanol–water partition coefficient (Wildman–Crippen LogP) is 2.32. The van der Waals surface area contributed by atoms with E-state index in [9.17, 15) is 9.59 Å². The fraction of sp³-hybridized carbons (Fsp3) is 0.389. The van der Waals surface area contributed by atoms with Gasteiger partial charge in [-0.1, -0.05) is 39.8 Å². The first-order chi connectivity index (χ1) is 12.5. The first-order valence-electron chi connectivity index (χ1n) is 8.59. The second-order valence-electron chi connectivity index (χ2n) is 4.59. The van der Waals surface area contributed by atoms with Crippen molar-refractivity contribution in [2.75, 3.05) is 18.4 Å². The molecule has 0 spiro atoms. The van der Waals surface area contributed by atoms with E-state index >= 15 is 0 Å². The number of hydrogen-bond acceptors (Lipinski definition) is 5. The van der Waals surface area contributed by atoms with Gasteiger partial charge in [-0.3, -0.25) is 14.7 Å². The molecule has 0 saturated carbocycles. The first kappa shape index (κ1) is 26.2. The van der Waals surface area contributed by atoms with Crippen molar-refractivity contribution in [1.82, 2.24) is 10.2 Å². The van der Waals surface area contributed by atoms with Crippen LogP contribution in [0.2, 0.25) is 0 Å². The van der Waals surface area contributed by atoms with Crippen LogP contribution in [0.3, 0.4) is 0 Å². The average molecular weight is 381 g/mol. The summed E-state index contributed by atoms with van der Waals surface area (Å²) >= 11 is 0. The zero-order valence-corrected chi connectivity index (χ0v) is 17.2. The standard InChI is InChI=1S/C11H10N3O2P.C3H9N.C2H7N.C2H6/c15-6-10-9(5-12-14-10)13-11(16)7-1-3-8(17)4-2-7;1-2-3-4;1-2-3;1-2/h1-6H,17H2,(H,12,14)(H,13,16);2-4H2,1H3;2-3H2,1H3;1-2H3. The minimum atomic E-state index is -0.278. The van der Waals surface area contributed by atoms with Crippen LogP contribution >= 0.6 is 9.24 Å². The van der Waals surface area contributed by atoms with Crippen LogP contribution in [0.5, 0.6) is 0 Å². The third-order valence-corrected chi connectivity index (χ3v) is 2.88. The van der Waals surface area contributed by atoms with Crippen molar-refractivity contribution in [2.24, 2.45) is 11.5 Å². The van der Waals surface area contributed by atoms with Crippen LogP contribution in [0.4, 0.5) is 5.69 Å². The molecule has 1 aromatic heterocycles. The highest BCUT2D eigenvalue weighted by Crippen LogP contribution is 2.11. The molecule has 0 aliphatic carbocycles. The molecule has 1 unspecified atom stereocenters. The van der Waals surface area contributed by atoms with Gasteiger partial charge in [-0.2, -0.15) is 5.10 Å². The zero-order chi connectivity index (χ0) is 20.4. The van der Waals surface area contributed by atoms with Crippen molar-refractivity contribution in [1.29, 1.82) is 0 Å². The van der Waals surface area contributed by atoms with Crippen molar-refractivity contribution in [3.63, 3.8) is 0 Å². The number of aromatic amines is 1. The first-order valence-corrected chi connectivity index (χ1v) is 9.17. The Balaban J connectivity index is 0. The number of amides is 1. The van der Waals surface area contributed by atoms with Gasteiger partial charge in [-0.05, 0) is 36.9 Å². The second kappa shape index (κ2) is 17.7. The number of aldehydes is 1. The molecule has 7 nitrogen and oxygen atoms in total. The summed E-state index contributed by atoms with van der Waals surface area (Å²) in [5.74, 6) is -0.278. The van der Waals surface area contributed by atoms with Crippen molar-refractivity contribution >= 4 is 32.4 Å². The molecular weight excluding hydrogens is 349 g/mol. The maximum atomic E-state index is 11.8. The van der Waals surface area contributed by atoms with E-state index in [-0.39, 0.29) is 11.6 Å². The molecular formula is C18H32N5O2P. The minimum absolute atomic E-state index is 0.251. The van der Waals surface area contributed by atoms with Gasteiger partial charge >= 0.3 is 0 Å². The maximum absolute atomic E-state index is 11.8. The lowest BCUT2D eigenvalue weighted by atomic mass is 10.2. The number of nitrogens with one attached hydrogen (secondary N) is 2. The van der Waals surface area contributed by atoms with Crippen LogP contribution in [0.15, 0.2) is 30.5 Å². The number of nitrogens with zero attached hydrogens (tertiary/aromatic N) is 1. The molecule has 0 radical (unpaired) electrons. The molecule has 146 valence electrons. The summed E-state index contributed by atoms with van der Waals surface area (Å²) in [6, 6.07) is 7.04. The number of aromatic nitrogens is 2. The molecule has 1 heterocycles. The Morgan fingerprint density at radius 1 is 1.23 bits per heavy atom. The lowest BCUT2D eigenvalue weighted by Gasteiger charge is -2.03. The smallest absolute Gasteiger partial charge is 0.255 e. The van der Waals surface area contributed by atoms with Gasteiger partial charge in [0.05, 0.1) is 11.9 Å². The number of carbonyl (C=O) groups is 2. The summed E-state index contributed by atoms with van der Waals surface area (Å²) in [5.41, 5.74) is 11.0. The van der Waals surface area contributed by atoms with Gasteiger partial charge < -0.3 is 16.8 Å². The molecule has 0 bridgehead atoms. The molecule has 0 fully saturated rings. The van der Waals surface area contributed by atoms with Crippen LogP contribution in [0.25, 0.3) is 0 Å². The molecule has 0 saturated heterocycles. The van der Waals surface area contributed by atoms with Crippen LogP contribution < -0.4 is 22.1 Å². The number of carbonyl (C=O) groups excluding carboxylic acids is 2. The number of benzene rings is 1. The summed E-state index contributed by atoms with van der Waals surface area (Å²) in [4.78, 5) is 22.4. The number of hydrogen-bond donors (Lipinski definition) is 4. The quantitative estimate of drug-likeness (QED) is 0.477. The van der Waals surface area contributed by atoms with E-state index in [2.05, 4.69) is 31.7 Å². The van der Waals surface area contributed by atoms with E-state index in [0.717, 1.165) is 24.8 Å². The molecule has 0 aliphatic rings.